The van der Waals surface area contributed by atoms with Crippen LogP contribution < -0.4 is 0 Å². The van der Waals surface area contributed by atoms with Crippen molar-refractivity contribution in [2.24, 2.45) is 0 Å². The minimum Gasteiger partial charge on any atom is -0.508 e. The Kier molecular flexibility index (Phi) is 7.02. The van der Waals surface area contributed by atoms with Crippen molar-refractivity contribution in [2.75, 3.05) is 0 Å². The van der Waals surface area contributed by atoms with Gasteiger partial charge in [-0.2, -0.15) is 0 Å². The quantitative estimate of drug-likeness (QED) is 0.534. The molecule has 0 bridgehead atoms. The van der Waals surface area contributed by atoms with E-state index in [9.17, 15) is 5.11 Å². The SMILES string of the molecule is CCCCCCCCCc1c(O)cccc1-c1ccccc1. The number of unbranched alkanes of at least 4 members (excludes halogenated alkanes) is 6. The summed E-state index contributed by atoms with van der Waals surface area (Å²) in [6, 6.07) is 16.2. The molecule has 22 heavy (non-hydrogen) atoms. The van der Waals surface area contributed by atoms with Crippen molar-refractivity contribution in [1.29, 1.82) is 0 Å². The summed E-state index contributed by atoms with van der Waals surface area (Å²) in [5.74, 6) is 0.437. The number of hydrogen-bond acceptors (Lipinski definition) is 1. The first kappa shape index (κ1) is 16.6. The molecule has 2 aromatic rings. The van der Waals surface area contributed by atoms with Crippen molar-refractivity contribution < 1.29 is 5.11 Å². The van der Waals surface area contributed by atoms with Crippen LogP contribution in [0.3, 0.4) is 0 Å². The van der Waals surface area contributed by atoms with Crippen molar-refractivity contribution in [3.05, 3.63) is 54.1 Å². The molecule has 2 aromatic carbocycles. The van der Waals surface area contributed by atoms with Crippen molar-refractivity contribution >= 4 is 0 Å². The lowest BCUT2D eigenvalue weighted by atomic mass is 9.95. The molecule has 118 valence electrons. The average molecular weight is 296 g/mol. The van der Waals surface area contributed by atoms with Crippen LogP contribution in [0, 0.1) is 0 Å². The summed E-state index contributed by atoms with van der Waals surface area (Å²) in [4.78, 5) is 0. The van der Waals surface area contributed by atoms with E-state index in [1.807, 2.05) is 18.2 Å². The van der Waals surface area contributed by atoms with Gasteiger partial charge in [0.05, 0.1) is 0 Å². The summed E-state index contributed by atoms with van der Waals surface area (Å²) in [6.07, 6.45) is 10.1. The highest BCUT2D eigenvalue weighted by molar-refractivity contribution is 5.69. The Balaban J connectivity index is 1.93. The number of aromatic hydroxyl groups is 1. The average Bonchev–Trinajstić information content (AvgIpc) is 2.56. The van der Waals surface area contributed by atoms with Gasteiger partial charge in [0.2, 0.25) is 0 Å². The highest BCUT2D eigenvalue weighted by Crippen LogP contribution is 2.31. The van der Waals surface area contributed by atoms with Gasteiger partial charge in [-0.15, -0.1) is 0 Å². The predicted octanol–water partition coefficient (Wildman–Crippen LogP) is 6.35. The molecule has 0 radical (unpaired) electrons. The van der Waals surface area contributed by atoms with Crippen LogP contribution in [-0.4, -0.2) is 5.11 Å². The fourth-order valence-corrected chi connectivity index (χ4v) is 2.98. The van der Waals surface area contributed by atoms with Crippen LogP contribution in [0.15, 0.2) is 48.5 Å². The molecule has 0 atom stereocenters. The molecule has 0 spiro atoms. The zero-order valence-electron chi connectivity index (χ0n) is 13.7. The van der Waals surface area contributed by atoms with E-state index < -0.39 is 0 Å². The third kappa shape index (κ3) is 4.91. The van der Waals surface area contributed by atoms with E-state index in [4.69, 9.17) is 0 Å². The normalized spacial score (nSPS) is 10.8. The number of phenolic OH excluding ortho intramolecular Hbond substituents is 1. The second-order valence-electron chi connectivity index (χ2n) is 6.04. The highest BCUT2D eigenvalue weighted by Gasteiger charge is 2.09. The van der Waals surface area contributed by atoms with Gasteiger partial charge in [-0.25, -0.2) is 0 Å². The van der Waals surface area contributed by atoms with Gasteiger partial charge in [0.15, 0.2) is 0 Å². The monoisotopic (exact) mass is 296 g/mol. The number of rotatable bonds is 9. The highest BCUT2D eigenvalue weighted by atomic mass is 16.3. The van der Waals surface area contributed by atoms with Crippen molar-refractivity contribution in [3.63, 3.8) is 0 Å². The van der Waals surface area contributed by atoms with Crippen LogP contribution in [0.25, 0.3) is 11.1 Å². The second kappa shape index (κ2) is 9.30. The van der Waals surface area contributed by atoms with Gasteiger partial charge in [0.25, 0.3) is 0 Å². The number of benzene rings is 2. The molecular formula is C21H28O. The molecule has 0 aliphatic carbocycles. The van der Waals surface area contributed by atoms with E-state index in [1.165, 1.54) is 49.7 Å². The van der Waals surface area contributed by atoms with Crippen LogP contribution in [-0.2, 0) is 6.42 Å². The maximum Gasteiger partial charge on any atom is 0.119 e. The van der Waals surface area contributed by atoms with Gasteiger partial charge < -0.3 is 5.11 Å². The fourth-order valence-electron chi connectivity index (χ4n) is 2.98. The van der Waals surface area contributed by atoms with E-state index >= 15 is 0 Å². The fraction of sp³-hybridized carbons (Fsp3) is 0.429. The smallest absolute Gasteiger partial charge is 0.119 e. The molecule has 0 fully saturated rings. The van der Waals surface area contributed by atoms with Gasteiger partial charge in [0, 0.05) is 5.56 Å². The predicted molar refractivity (Wildman–Crippen MR) is 95.2 cm³/mol. The van der Waals surface area contributed by atoms with Gasteiger partial charge in [0.1, 0.15) is 5.75 Å². The molecule has 0 saturated heterocycles. The molecule has 1 N–H and O–H groups in total. The third-order valence-corrected chi connectivity index (χ3v) is 4.27. The van der Waals surface area contributed by atoms with E-state index in [0.717, 1.165) is 18.4 Å². The standard InChI is InChI=1S/C21H28O/c1-2-3-4-5-6-7-11-15-20-19(16-12-17-21(20)22)18-13-9-8-10-14-18/h8-10,12-14,16-17,22H,2-7,11,15H2,1H3. The van der Waals surface area contributed by atoms with E-state index in [-0.39, 0.29) is 0 Å². The van der Waals surface area contributed by atoms with Crippen molar-refractivity contribution in [2.45, 2.75) is 58.3 Å². The molecule has 1 heteroatoms. The molecule has 0 heterocycles. The zero-order valence-corrected chi connectivity index (χ0v) is 13.7. The summed E-state index contributed by atoms with van der Waals surface area (Å²) in [5, 5.41) is 10.2. The van der Waals surface area contributed by atoms with Crippen LogP contribution in [0.5, 0.6) is 5.75 Å². The van der Waals surface area contributed by atoms with Crippen molar-refractivity contribution in [1.82, 2.24) is 0 Å². The summed E-state index contributed by atoms with van der Waals surface area (Å²) in [6.45, 7) is 2.25. The Morgan fingerprint density at radius 2 is 1.41 bits per heavy atom. The zero-order chi connectivity index (χ0) is 15.6. The minimum absolute atomic E-state index is 0.437. The summed E-state index contributed by atoms with van der Waals surface area (Å²) in [7, 11) is 0. The first-order valence-corrected chi connectivity index (χ1v) is 8.69. The van der Waals surface area contributed by atoms with Crippen LogP contribution >= 0.6 is 0 Å². The lowest BCUT2D eigenvalue weighted by Crippen LogP contribution is -1.92. The number of phenols is 1. The Morgan fingerprint density at radius 3 is 2.14 bits per heavy atom. The van der Waals surface area contributed by atoms with Crippen LogP contribution in [0.1, 0.15) is 57.4 Å². The topological polar surface area (TPSA) is 20.2 Å². The van der Waals surface area contributed by atoms with Gasteiger partial charge in [-0.1, -0.05) is 87.9 Å². The van der Waals surface area contributed by atoms with E-state index in [2.05, 4.69) is 37.3 Å². The van der Waals surface area contributed by atoms with E-state index in [1.54, 1.807) is 0 Å². The first-order valence-electron chi connectivity index (χ1n) is 8.69. The molecule has 0 aliphatic heterocycles. The Hall–Kier alpha value is -1.76. The molecule has 0 aromatic heterocycles. The summed E-state index contributed by atoms with van der Waals surface area (Å²) in [5.41, 5.74) is 3.46. The van der Waals surface area contributed by atoms with Crippen molar-refractivity contribution in [3.8, 4) is 16.9 Å². The molecule has 0 amide bonds. The summed E-state index contributed by atoms with van der Waals surface area (Å²) < 4.78 is 0. The largest absolute Gasteiger partial charge is 0.508 e. The summed E-state index contributed by atoms with van der Waals surface area (Å²) >= 11 is 0. The maximum atomic E-state index is 10.2. The molecule has 0 saturated carbocycles. The lowest BCUT2D eigenvalue weighted by molar-refractivity contribution is 0.466. The van der Waals surface area contributed by atoms with Gasteiger partial charge in [-0.3, -0.25) is 0 Å². The molecule has 0 aliphatic rings. The first-order chi connectivity index (χ1) is 10.8. The molecular weight excluding hydrogens is 268 g/mol. The maximum absolute atomic E-state index is 10.2. The van der Waals surface area contributed by atoms with Crippen LogP contribution in [0.2, 0.25) is 0 Å². The molecule has 2 rings (SSSR count). The van der Waals surface area contributed by atoms with E-state index in [0.29, 0.717) is 5.75 Å². The third-order valence-electron chi connectivity index (χ3n) is 4.27. The molecule has 1 nitrogen and oxygen atoms in total. The second-order valence-corrected chi connectivity index (χ2v) is 6.04. The molecule has 0 unspecified atom stereocenters. The Bertz CT molecular complexity index is 545. The lowest BCUT2D eigenvalue weighted by Gasteiger charge is -2.12. The van der Waals surface area contributed by atoms with Gasteiger partial charge >= 0.3 is 0 Å². The van der Waals surface area contributed by atoms with Gasteiger partial charge in [-0.05, 0) is 30.0 Å². The minimum atomic E-state index is 0.437. The van der Waals surface area contributed by atoms with Crippen LogP contribution in [0.4, 0.5) is 0 Å². The number of hydrogen-bond donors (Lipinski definition) is 1. The Morgan fingerprint density at radius 1 is 0.727 bits per heavy atom. The Labute approximate surface area is 135 Å².